The van der Waals surface area contributed by atoms with E-state index in [0.29, 0.717) is 23.8 Å². The minimum atomic E-state index is -0.427. The number of carbonyl (C=O) groups is 1. The van der Waals surface area contributed by atoms with Crippen molar-refractivity contribution in [2.75, 3.05) is 27.8 Å². The highest BCUT2D eigenvalue weighted by Gasteiger charge is 2.13. The summed E-state index contributed by atoms with van der Waals surface area (Å²) in [7, 11) is 4.61. The van der Waals surface area contributed by atoms with Gasteiger partial charge in [0.2, 0.25) is 0 Å². The zero-order valence-electron chi connectivity index (χ0n) is 18.8. The first-order chi connectivity index (χ1) is 15.1. The Morgan fingerprint density at radius 1 is 1.16 bits per heavy atom. The number of hydrogen-bond donors (Lipinski definition) is 2. The molecule has 0 aliphatic heterocycles. The van der Waals surface area contributed by atoms with Crippen LogP contribution in [-0.4, -0.2) is 49.3 Å². The van der Waals surface area contributed by atoms with Gasteiger partial charge in [-0.25, -0.2) is 9.78 Å². The van der Waals surface area contributed by atoms with Crippen LogP contribution in [0.4, 0.5) is 0 Å². The van der Waals surface area contributed by atoms with E-state index in [2.05, 4.69) is 31.2 Å². The van der Waals surface area contributed by atoms with Crippen LogP contribution in [0, 0.1) is 6.92 Å². The van der Waals surface area contributed by atoms with Gasteiger partial charge in [-0.05, 0) is 43.2 Å². The number of nitrogens with one attached hydrogen (secondary N) is 2. The number of aromatic nitrogens is 2. The van der Waals surface area contributed by atoms with Gasteiger partial charge in [0, 0.05) is 26.7 Å². The Morgan fingerprint density at radius 3 is 2.66 bits per heavy atom. The van der Waals surface area contributed by atoms with E-state index in [1.165, 1.54) is 14.2 Å². The molecule has 0 aliphatic carbocycles. The Kier molecular flexibility index (Phi) is 9.76. The van der Waals surface area contributed by atoms with E-state index in [9.17, 15) is 4.79 Å². The summed E-state index contributed by atoms with van der Waals surface area (Å²) in [5, 5.41) is 6.60. The smallest absolute Gasteiger partial charge is 0.341 e. The lowest BCUT2D eigenvalue weighted by molar-refractivity contribution is 0.0597. The van der Waals surface area contributed by atoms with Crippen LogP contribution in [0.1, 0.15) is 28.2 Å². The summed E-state index contributed by atoms with van der Waals surface area (Å²) in [5.41, 5.74) is 3.50. The molecule has 0 unspecified atom stereocenters. The fourth-order valence-electron chi connectivity index (χ4n) is 3.46. The molecule has 3 aromatic rings. The minimum absolute atomic E-state index is 0. The first-order valence-corrected chi connectivity index (χ1v) is 10.2. The number of aliphatic imine (C=N–C) groups is 1. The summed E-state index contributed by atoms with van der Waals surface area (Å²) in [6.45, 7) is 4.18. The lowest BCUT2D eigenvalue weighted by Gasteiger charge is -2.14. The fraction of sp³-hybridized carbons (Fsp3) is 0.348. The number of nitrogens with zero attached hydrogens (tertiary/aromatic N) is 3. The van der Waals surface area contributed by atoms with E-state index in [0.717, 1.165) is 41.9 Å². The molecule has 1 aromatic heterocycles. The van der Waals surface area contributed by atoms with Crippen LogP contribution in [0.5, 0.6) is 5.75 Å². The molecule has 172 valence electrons. The lowest BCUT2D eigenvalue weighted by atomic mass is 10.1. The lowest BCUT2D eigenvalue weighted by Crippen LogP contribution is -2.37. The third-order valence-electron chi connectivity index (χ3n) is 5.05. The highest BCUT2D eigenvalue weighted by atomic mass is 127. The van der Waals surface area contributed by atoms with Gasteiger partial charge < -0.3 is 24.7 Å². The van der Waals surface area contributed by atoms with Gasteiger partial charge >= 0.3 is 5.97 Å². The molecular formula is C23H30IN5O3. The van der Waals surface area contributed by atoms with Crippen molar-refractivity contribution in [3.05, 3.63) is 59.4 Å². The quantitative estimate of drug-likeness (QED) is 0.147. The van der Waals surface area contributed by atoms with Crippen LogP contribution in [0.15, 0.2) is 47.5 Å². The molecule has 8 nitrogen and oxygen atoms in total. The second kappa shape index (κ2) is 12.3. The van der Waals surface area contributed by atoms with E-state index in [1.54, 1.807) is 19.2 Å². The number of esters is 1. The van der Waals surface area contributed by atoms with Gasteiger partial charge in [-0.3, -0.25) is 4.99 Å². The number of rotatable bonds is 8. The first kappa shape index (κ1) is 25.4. The molecule has 0 saturated heterocycles. The standard InChI is InChI=1S/C23H29N5O3.HI/c1-16-27-19-8-5-6-9-20(19)28(16)13-7-12-25-23(24-2)26-15-17-10-11-21(30-3)18(14-17)22(29)31-4;/h5-6,8-11,14H,7,12-13,15H2,1-4H3,(H2,24,25,26);1H. The van der Waals surface area contributed by atoms with Crippen LogP contribution in [0.2, 0.25) is 0 Å². The van der Waals surface area contributed by atoms with Gasteiger partial charge in [0.05, 0.1) is 25.3 Å². The van der Waals surface area contributed by atoms with E-state index in [1.807, 2.05) is 31.2 Å². The zero-order valence-corrected chi connectivity index (χ0v) is 21.2. The molecule has 0 amide bonds. The monoisotopic (exact) mass is 551 g/mol. The number of imidazole rings is 1. The fourth-order valence-corrected chi connectivity index (χ4v) is 3.46. The number of guanidine groups is 1. The average molecular weight is 551 g/mol. The maximum absolute atomic E-state index is 12.0. The number of ether oxygens (including phenoxy) is 2. The number of para-hydroxylation sites is 2. The molecule has 3 rings (SSSR count). The van der Waals surface area contributed by atoms with Crippen molar-refractivity contribution in [2.45, 2.75) is 26.4 Å². The Labute approximate surface area is 205 Å². The number of carbonyl (C=O) groups excluding carboxylic acids is 1. The van der Waals surface area contributed by atoms with Crippen molar-refractivity contribution in [1.29, 1.82) is 0 Å². The molecule has 0 radical (unpaired) electrons. The highest BCUT2D eigenvalue weighted by Crippen LogP contribution is 2.20. The SMILES string of the molecule is CN=C(NCCCn1c(C)nc2ccccc21)NCc1ccc(OC)c(C(=O)OC)c1.I. The predicted molar refractivity (Wildman–Crippen MR) is 137 cm³/mol. The van der Waals surface area contributed by atoms with Gasteiger partial charge in [-0.1, -0.05) is 18.2 Å². The van der Waals surface area contributed by atoms with Crippen molar-refractivity contribution in [2.24, 2.45) is 4.99 Å². The van der Waals surface area contributed by atoms with E-state index in [4.69, 9.17) is 9.47 Å². The average Bonchev–Trinajstić information content (AvgIpc) is 3.12. The van der Waals surface area contributed by atoms with Crippen LogP contribution < -0.4 is 15.4 Å². The molecular weight excluding hydrogens is 521 g/mol. The Balaban J connectivity index is 0.00000363. The molecule has 9 heteroatoms. The van der Waals surface area contributed by atoms with E-state index < -0.39 is 5.97 Å². The van der Waals surface area contributed by atoms with Crippen molar-refractivity contribution >= 4 is 46.9 Å². The summed E-state index contributed by atoms with van der Waals surface area (Å²) in [6, 6.07) is 13.6. The Morgan fingerprint density at radius 2 is 1.94 bits per heavy atom. The molecule has 32 heavy (non-hydrogen) atoms. The molecule has 2 aromatic carbocycles. The van der Waals surface area contributed by atoms with E-state index in [-0.39, 0.29) is 24.0 Å². The Bertz CT molecular complexity index is 1080. The van der Waals surface area contributed by atoms with Crippen molar-refractivity contribution in [1.82, 2.24) is 20.2 Å². The van der Waals surface area contributed by atoms with Gasteiger partial charge in [-0.15, -0.1) is 24.0 Å². The molecule has 1 heterocycles. The number of methoxy groups -OCH3 is 2. The third kappa shape index (κ3) is 6.12. The summed E-state index contributed by atoms with van der Waals surface area (Å²) >= 11 is 0. The number of fused-ring (bicyclic) bond motifs is 1. The maximum atomic E-state index is 12.0. The molecule has 0 aliphatic rings. The first-order valence-electron chi connectivity index (χ1n) is 10.2. The molecule has 2 N–H and O–H groups in total. The summed E-state index contributed by atoms with van der Waals surface area (Å²) in [6.07, 6.45) is 0.927. The van der Waals surface area contributed by atoms with Crippen LogP contribution in [-0.2, 0) is 17.8 Å². The highest BCUT2D eigenvalue weighted by molar-refractivity contribution is 14.0. The molecule has 0 atom stereocenters. The maximum Gasteiger partial charge on any atom is 0.341 e. The summed E-state index contributed by atoms with van der Waals surface area (Å²) in [4.78, 5) is 20.8. The summed E-state index contributed by atoms with van der Waals surface area (Å²) in [5.74, 6) is 1.77. The number of benzene rings is 2. The molecule has 0 spiro atoms. The van der Waals surface area contributed by atoms with Gasteiger partial charge in [-0.2, -0.15) is 0 Å². The molecule has 0 saturated carbocycles. The predicted octanol–water partition coefficient (Wildman–Crippen LogP) is 3.51. The molecule has 0 bridgehead atoms. The van der Waals surface area contributed by atoms with Crippen LogP contribution >= 0.6 is 24.0 Å². The van der Waals surface area contributed by atoms with Crippen molar-refractivity contribution in [3.63, 3.8) is 0 Å². The number of halogens is 1. The van der Waals surface area contributed by atoms with E-state index >= 15 is 0 Å². The minimum Gasteiger partial charge on any atom is -0.496 e. The van der Waals surface area contributed by atoms with Crippen LogP contribution in [0.3, 0.4) is 0 Å². The van der Waals surface area contributed by atoms with Gasteiger partial charge in [0.1, 0.15) is 17.1 Å². The largest absolute Gasteiger partial charge is 0.496 e. The van der Waals surface area contributed by atoms with Crippen LogP contribution in [0.25, 0.3) is 11.0 Å². The number of aryl methyl sites for hydroxylation is 2. The Hall–Kier alpha value is -2.82. The second-order valence-electron chi connectivity index (χ2n) is 7.03. The topological polar surface area (TPSA) is 89.8 Å². The second-order valence-corrected chi connectivity index (χ2v) is 7.03. The van der Waals surface area contributed by atoms with Gasteiger partial charge in [0.15, 0.2) is 5.96 Å². The molecule has 0 fully saturated rings. The zero-order chi connectivity index (χ0) is 22.2. The van der Waals surface area contributed by atoms with Crippen molar-refractivity contribution in [3.8, 4) is 5.75 Å². The third-order valence-corrected chi connectivity index (χ3v) is 5.05. The summed E-state index contributed by atoms with van der Waals surface area (Å²) < 4.78 is 12.3. The van der Waals surface area contributed by atoms with Gasteiger partial charge in [0.25, 0.3) is 0 Å². The number of hydrogen-bond acceptors (Lipinski definition) is 5. The van der Waals surface area contributed by atoms with Crippen molar-refractivity contribution < 1.29 is 14.3 Å². The normalized spacial score (nSPS) is 11.1.